The summed E-state index contributed by atoms with van der Waals surface area (Å²) in [7, 11) is 0. The Morgan fingerprint density at radius 1 is 0.826 bits per heavy atom. The molecule has 0 saturated carbocycles. The Bertz CT molecular complexity index is 738. The molecular weight excluding hydrogens is 324 g/mol. The van der Waals surface area contributed by atoms with E-state index in [-0.39, 0.29) is 0 Å². The van der Waals surface area contributed by atoms with Crippen LogP contribution in [-0.2, 0) is 14.4 Å². The number of allylic oxidation sites excluding steroid dienone is 6. The molecule has 0 aromatic heterocycles. The van der Waals surface area contributed by atoms with Gasteiger partial charge in [-0.2, -0.15) is 0 Å². The molecule has 4 nitrogen and oxygen atoms in total. The van der Waals surface area contributed by atoms with Crippen LogP contribution in [0.2, 0.25) is 5.28 Å². The van der Waals surface area contributed by atoms with E-state index in [9.17, 15) is 0 Å². The molecule has 5 aliphatic heterocycles. The molecule has 0 aromatic rings. The third-order valence-electron chi connectivity index (χ3n) is 5.01. The topological polar surface area (TPSA) is 49.1 Å². The summed E-state index contributed by atoms with van der Waals surface area (Å²) in [5.74, 6) is 0. The van der Waals surface area contributed by atoms with Crippen molar-refractivity contribution in [1.29, 1.82) is 0 Å². The van der Waals surface area contributed by atoms with Gasteiger partial charge in [0.25, 0.3) is 0 Å². The van der Waals surface area contributed by atoms with Crippen LogP contribution in [0.3, 0.4) is 0 Å². The number of fused-ring (bicyclic) bond motifs is 6. The number of nitrogens with zero attached hydrogens (tertiary/aromatic N) is 3. The van der Waals surface area contributed by atoms with Gasteiger partial charge in [-0.15, -0.1) is 0 Å². The van der Waals surface area contributed by atoms with E-state index in [1.54, 1.807) is 0 Å². The van der Waals surface area contributed by atoms with E-state index >= 15 is 0 Å². The van der Waals surface area contributed by atoms with Gasteiger partial charge in [-0.1, -0.05) is 0 Å². The van der Waals surface area contributed by atoms with Crippen LogP contribution in [-0.4, -0.2) is 22.0 Å². The SMILES string of the molecule is C1=C2CCC(=N2)C=C2CC[CH](N2)[Cr]2[CH2]CC(=[N]2)C=C2CCC1=N2. The van der Waals surface area contributed by atoms with E-state index < -0.39 is 14.4 Å². The van der Waals surface area contributed by atoms with Crippen molar-refractivity contribution in [1.82, 2.24) is 5.32 Å². The third-order valence-corrected chi connectivity index (χ3v) is 8.29. The molecule has 5 rings (SSSR count). The van der Waals surface area contributed by atoms with Gasteiger partial charge < -0.3 is 0 Å². The first-order valence-electron chi connectivity index (χ1n) is 8.63. The Kier molecular flexibility index (Phi) is 3.38. The molecule has 1 unspecified atom stereocenters. The summed E-state index contributed by atoms with van der Waals surface area (Å²) in [6, 6.07) is 0. The maximum absolute atomic E-state index is 5.10. The van der Waals surface area contributed by atoms with E-state index in [0.717, 1.165) is 32.1 Å². The first-order chi connectivity index (χ1) is 11.3. The number of aliphatic imine (C=N–C) groups is 2. The van der Waals surface area contributed by atoms with Crippen LogP contribution in [0.1, 0.15) is 44.9 Å². The van der Waals surface area contributed by atoms with Gasteiger partial charge in [0.15, 0.2) is 0 Å². The van der Waals surface area contributed by atoms with Crippen molar-refractivity contribution in [2.75, 3.05) is 0 Å². The summed E-state index contributed by atoms with van der Waals surface area (Å²) in [5, 5.41) is 5.06. The fourth-order valence-electron chi connectivity index (χ4n) is 3.82. The van der Waals surface area contributed by atoms with E-state index in [1.165, 1.54) is 52.4 Å². The molecule has 0 aliphatic carbocycles. The van der Waals surface area contributed by atoms with Crippen LogP contribution in [0.4, 0.5) is 0 Å². The van der Waals surface area contributed by atoms with Gasteiger partial charge in [0.1, 0.15) is 0 Å². The van der Waals surface area contributed by atoms with Crippen molar-refractivity contribution in [3.63, 3.8) is 0 Å². The van der Waals surface area contributed by atoms with Crippen molar-refractivity contribution in [3.8, 4) is 0 Å². The first kappa shape index (κ1) is 14.0. The summed E-state index contributed by atoms with van der Waals surface area (Å²) in [4.78, 5) is 10.3. The second-order valence-corrected chi connectivity index (χ2v) is 9.82. The molecule has 0 amide bonds. The summed E-state index contributed by atoms with van der Waals surface area (Å²) in [5.41, 5.74) is 7.54. The fourth-order valence-corrected chi connectivity index (χ4v) is 7.01. The van der Waals surface area contributed by atoms with E-state index in [2.05, 4.69) is 23.5 Å². The predicted molar refractivity (Wildman–Crippen MR) is 90.6 cm³/mol. The zero-order chi connectivity index (χ0) is 15.2. The zero-order valence-corrected chi connectivity index (χ0v) is 14.5. The molecule has 0 radical (unpaired) electrons. The molecule has 1 atom stereocenters. The van der Waals surface area contributed by atoms with Gasteiger partial charge in [0.05, 0.1) is 0 Å². The Morgan fingerprint density at radius 2 is 1.57 bits per heavy atom. The molecule has 5 aliphatic rings. The average Bonchev–Trinajstić information content (AvgIpc) is 3.28. The van der Waals surface area contributed by atoms with Crippen molar-refractivity contribution in [3.05, 3.63) is 35.3 Å². The second-order valence-electron chi connectivity index (χ2n) is 6.76. The molecule has 0 aromatic carbocycles. The van der Waals surface area contributed by atoms with Gasteiger partial charge in [0.2, 0.25) is 0 Å². The first-order valence-corrected chi connectivity index (χ1v) is 10.8. The number of rotatable bonds is 0. The molecule has 1 saturated heterocycles. The van der Waals surface area contributed by atoms with Gasteiger partial charge in [0, 0.05) is 0 Å². The van der Waals surface area contributed by atoms with Crippen LogP contribution in [0.5, 0.6) is 0 Å². The van der Waals surface area contributed by atoms with Crippen molar-refractivity contribution < 1.29 is 14.4 Å². The molecule has 23 heavy (non-hydrogen) atoms. The van der Waals surface area contributed by atoms with Gasteiger partial charge in [-0.05, 0) is 0 Å². The van der Waals surface area contributed by atoms with Crippen LogP contribution < -0.4 is 5.32 Å². The summed E-state index contributed by atoms with van der Waals surface area (Å²) < 4.78 is 5.10. The maximum atomic E-state index is 5.10. The standard InChI is InChI=1S/C18H21N4.Cr/c1-2-13(19)10-15-5-6-17(21-15)12-18-8-7-16(22-18)11-14-4-3-9-20-14;/h9-12,20H,1-8H2;/q-1;+1. The number of hydrogen-bond acceptors (Lipinski definition) is 4. The average molecular weight is 345 g/mol. The van der Waals surface area contributed by atoms with Crippen molar-refractivity contribution in [2.24, 2.45) is 14.0 Å². The third kappa shape index (κ3) is 2.77. The molecule has 5 heterocycles. The Morgan fingerprint density at radius 3 is 2.39 bits per heavy atom. The Balaban J connectivity index is 1.55. The van der Waals surface area contributed by atoms with Gasteiger partial charge in [-0.25, -0.2) is 0 Å². The predicted octanol–water partition coefficient (Wildman–Crippen LogP) is 3.63. The van der Waals surface area contributed by atoms with Gasteiger partial charge in [-0.3, -0.25) is 0 Å². The summed E-state index contributed by atoms with van der Waals surface area (Å²) in [6.07, 6.45) is 14.6. The molecule has 5 heteroatoms. The van der Waals surface area contributed by atoms with Crippen LogP contribution in [0.15, 0.2) is 49.3 Å². The van der Waals surface area contributed by atoms with Gasteiger partial charge >= 0.3 is 141 Å². The van der Waals surface area contributed by atoms with E-state index in [4.69, 9.17) is 14.0 Å². The fraction of sp³-hybridized carbons (Fsp3) is 0.500. The van der Waals surface area contributed by atoms with E-state index in [1.807, 2.05) is 0 Å². The van der Waals surface area contributed by atoms with Crippen LogP contribution >= 0.6 is 0 Å². The summed E-state index contributed by atoms with van der Waals surface area (Å²) >= 11 is -0.905. The molecule has 8 bridgehead atoms. The normalized spacial score (nSPS) is 29.7. The number of nitrogens with one attached hydrogen (secondary N) is 1. The zero-order valence-electron chi connectivity index (χ0n) is 13.2. The van der Waals surface area contributed by atoms with Crippen molar-refractivity contribution in [2.45, 2.75) is 55.1 Å². The summed E-state index contributed by atoms with van der Waals surface area (Å²) in [6.45, 7) is 0. The second kappa shape index (κ2) is 5.58. The van der Waals surface area contributed by atoms with Crippen molar-refractivity contribution >= 4 is 17.1 Å². The molecule has 1 fully saturated rings. The molecular formula is C18H21CrN4. The molecule has 1 N–H and O–H groups in total. The minimum absolute atomic E-state index is 0.627. The molecule has 119 valence electrons. The Labute approximate surface area is 141 Å². The quantitative estimate of drug-likeness (QED) is 0.716. The van der Waals surface area contributed by atoms with E-state index in [0.29, 0.717) is 4.90 Å². The number of hydrogen-bond donors (Lipinski definition) is 1. The minimum atomic E-state index is -0.905. The Hall–Kier alpha value is -1.44. The van der Waals surface area contributed by atoms with Crippen LogP contribution in [0.25, 0.3) is 0 Å². The van der Waals surface area contributed by atoms with Crippen LogP contribution in [0, 0.1) is 0 Å². The molecule has 0 spiro atoms. The monoisotopic (exact) mass is 345 g/mol.